The van der Waals surface area contributed by atoms with Crippen molar-refractivity contribution < 1.29 is 27.2 Å². The first-order chi connectivity index (χ1) is 12.6. The Labute approximate surface area is 157 Å². The highest BCUT2D eigenvalue weighted by Gasteiger charge is 2.21. The molecule has 1 heterocycles. The Morgan fingerprint density at radius 1 is 1.07 bits per heavy atom. The maximum atomic E-state index is 12.2. The maximum absolute atomic E-state index is 12.2. The quantitative estimate of drug-likeness (QED) is 0.697. The van der Waals surface area contributed by atoms with E-state index in [9.17, 15) is 18.0 Å². The van der Waals surface area contributed by atoms with Gasteiger partial charge in [-0.05, 0) is 58.0 Å². The molecular weight excluding hydrogens is 372 g/mol. The number of rotatable bonds is 7. The number of hydrogen-bond acceptors (Lipinski definition) is 6. The van der Waals surface area contributed by atoms with Crippen LogP contribution >= 0.6 is 0 Å². The standard InChI is InChI=1S/C18H22N2O6S/c1-11(2)20-27(23,24)15-7-5-14(6-8-15)19-17(21)13(4)26-18(22)16-9-10-25-12(16)3/h5-11,13,20H,1-4H3,(H,19,21)/t13-/m1/s1. The molecule has 0 spiro atoms. The van der Waals surface area contributed by atoms with Gasteiger partial charge in [0.25, 0.3) is 5.91 Å². The van der Waals surface area contributed by atoms with E-state index in [2.05, 4.69) is 10.0 Å². The number of sulfonamides is 1. The van der Waals surface area contributed by atoms with Gasteiger partial charge >= 0.3 is 5.97 Å². The molecule has 0 bridgehead atoms. The normalized spacial score (nSPS) is 12.6. The summed E-state index contributed by atoms with van der Waals surface area (Å²) >= 11 is 0. The van der Waals surface area contributed by atoms with Crippen LogP contribution in [0.2, 0.25) is 0 Å². The lowest BCUT2D eigenvalue weighted by molar-refractivity contribution is -0.123. The zero-order valence-corrected chi connectivity index (χ0v) is 16.3. The first-order valence-corrected chi connectivity index (χ1v) is 9.77. The minimum atomic E-state index is -3.61. The van der Waals surface area contributed by atoms with E-state index in [1.165, 1.54) is 43.5 Å². The van der Waals surface area contributed by atoms with Crippen molar-refractivity contribution in [1.82, 2.24) is 4.72 Å². The van der Waals surface area contributed by atoms with Gasteiger partial charge in [-0.25, -0.2) is 17.9 Å². The summed E-state index contributed by atoms with van der Waals surface area (Å²) in [6, 6.07) is 6.91. The van der Waals surface area contributed by atoms with Crippen molar-refractivity contribution >= 4 is 27.6 Å². The summed E-state index contributed by atoms with van der Waals surface area (Å²) < 4.78 is 36.8. The molecular formula is C18H22N2O6S. The van der Waals surface area contributed by atoms with Gasteiger partial charge in [-0.2, -0.15) is 0 Å². The van der Waals surface area contributed by atoms with Gasteiger partial charge in [0.1, 0.15) is 11.3 Å². The van der Waals surface area contributed by atoms with Gasteiger partial charge in [0, 0.05) is 11.7 Å². The van der Waals surface area contributed by atoms with Crippen molar-refractivity contribution in [2.45, 2.75) is 44.7 Å². The van der Waals surface area contributed by atoms with Crippen molar-refractivity contribution in [3.8, 4) is 0 Å². The van der Waals surface area contributed by atoms with Gasteiger partial charge in [-0.3, -0.25) is 4.79 Å². The zero-order valence-electron chi connectivity index (χ0n) is 15.5. The smallest absolute Gasteiger partial charge is 0.342 e. The fourth-order valence-electron chi connectivity index (χ4n) is 2.21. The number of hydrogen-bond donors (Lipinski definition) is 2. The van der Waals surface area contributed by atoms with E-state index in [4.69, 9.17) is 9.15 Å². The molecule has 0 aliphatic carbocycles. The van der Waals surface area contributed by atoms with E-state index >= 15 is 0 Å². The second-order valence-corrected chi connectivity index (χ2v) is 7.94. The summed E-state index contributed by atoms with van der Waals surface area (Å²) in [5.41, 5.74) is 0.632. The Hall–Kier alpha value is -2.65. The van der Waals surface area contributed by atoms with E-state index in [1.807, 2.05) is 0 Å². The average molecular weight is 394 g/mol. The van der Waals surface area contributed by atoms with E-state index in [0.717, 1.165) is 0 Å². The third-order valence-corrected chi connectivity index (χ3v) is 5.23. The topological polar surface area (TPSA) is 115 Å². The zero-order chi connectivity index (χ0) is 20.2. The van der Waals surface area contributed by atoms with Crippen molar-refractivity contribution in [3.05, 3.63) is 47.9 Å². The van der Waals surface area contributed by atoms with Gasteiger partial charge in [0.15, 0.2) is 6.10 Å². The SMILES string of the molecule is Cc1occc1C(=O)O[C@H](C)C(=O)Nc1ccc(S(=O)(=O)NC(C)C)cc1. The molecule has 8 nitrogen and oxygen atoms in total. The Morgan fingerprint density at radius 3 is 2.22 bits per heavy atom. The minimum Gasteiger partial charge on any atom is -0.469 e. The lowest BCUT2D eigenvalue weighted by Crippen LogP contribution is -2.30. The van der Waals surface area contributed by atoms with Crippen LogP contribution < -0.4 is 10.0 Å². The lowest BCUT2D eigenvalue weighted by Gasteiger charge is -2.14. The number of aryl methyl sites for hydroxylation is 1. The molecule has 146 valence electrons. The number of furan rings is 1. The summed E-state index contributed by atoms with van der Waals surface area (Å²) in [7, 11) is -3.61. The number of nitrogens with one attached hydrogen (secondary N) is 2. The first kappa shape index (κ1) is 20.7. The molecule has 1 atom stereocenters. The Balaban J connectivity index is 1.99. The fourth-order valence-corrected chi connectivity index (χ4v) is 3.47. The molecule has 1 amide bonds. The molecule has 27 heavy (non-hydrogen) atoms. The van der Waals surface area contributed by atoms with Gasteiger partial charge < -0.3 is 14.5 Å². The molecule has 0 aliphatic heterocycles. The van der Waals surface area contributed by atoms with Crippen LogP contribution in [-0.2, 0) is 19.6 Å². The van der Waals surface area contributed by atoms with E-state index in [-0.39, 0.29) is 16.5 Å². The van der Waals surface area contributed by atoms with Gasteiger partial charge in [-0.1, -0.05) is 0 Å². The van der Waals surface area contributed by atoms with E-state index in [1.54, 1.807) is 20.8 Å². The summed E-state index contributed by atoms with van der Waals surface area (Å²) in [4.78, 5) is 24.3. The number of anilines is 1. The number of esters is 1. The Kier molecular flexibility index (Phi) is 6.40. The number of ether oxygens (including phenoxy) is 1. The van der Waals surface area contributed by atoms with Crippen LogP contribution in [0.15, 0.2) is 45.9 Å². The van der Waals surface area contributed by atoms with Crippen LogP contribution in [0.3, 0.4) is 0 Å². The largest absolute Gasteiger partial charge is 0.469 e. The van der Waals surface area contributed by atoms with Crippen LogP contribution in [0.5, 0.6) is 0 Å². The number of amides is 1. The predicted octanol–water partition coefficient (Wildman–Crippen LogP) is 2.46. The molecule has 9 heteroatoms. The molecule has 0 saturated carbocycles. The molecule has 0 fully saturated rings. The van der Waals surface area contributed by atoms with Crippen molar-refractivity contribution in [2.75, 3.05) is 5.32 Å². The third kappa shape index (κ3) is 5.41. The van der Waals surface area contributed by atoms with E-state index < -0.39 is 28.0 Å². The molecule has 2 aromatic rings. The Morgan fingerprint density at radius 2 is 1.70 bits per heavy atom. The highest BCUT2D eigenvalue weighted by molar-refractivity contribution is 7.89. The highest BCUT2D eigenvalue weighted by atomic mass is 32.2. The van der Waals surface area contributed by atoms with Crippen LogP contribution in [0.1, 0.15) is 36.9 Å². The van der Waals surface area contributed by atoms with Crippen LogP contribution in [0.4, 0.5) is 5.69 Å². The van der Waals surface area contributed by atoms with Gasteiger partial charge in [0.2, 0.25) is 10.0 Å². The van der Waals surface area contributed by atoms with Gasteiger partial charge in [0.05, 0.1) is 11.2 Å². The molecule has 2 N–H and O–H groups in total. The fraction of sp³-hybridized carbons (Fsp3) is 0.333. The lowest BCUT2D eigenvalue weighted by atomic mass is 10.2. The van der Waals surface area contributed by atoms with Crippen molar-refractivity contribution in [1.29, 1.82) is 0 Å². The number of carbonyl (C=O) groups is 2. The predicted molar refractivity (Wildman–Crippen MR) is 98.9 cm³/mol. The Bertz CT molecular complexity index is 916. The van der Waals surface area contributed by atoms with Crippen LogP contribution in [0.25, 0.3) is 0 Å². The summed E-state index contributed by atoms with van der Waals surface area (Å²) in [6.45, 7) is 6.50. The summed E-state index contributed by atoms with van der Waals surface area (Å²) in [6.07, 6.45) is 0.318. The summed E-state index contributed by atoms with van der Waals surface area (Å²) in [5, 5.41) is 2.57. The van der Waals surface area contributed by atoms with Gasteiger partial charge in [-0.15, -0.1) is 0 Å². The van der Waals surface area contributed by atoms with E-state index in [0.29, 0.717) is 11.4 Å². The summed E-state index contributed by atoms with van der Waals surface area (Å²) in [5.74, 6) is -0.801. The molecule has 0 aliphatic rings. The second kappa shape index (κ2) is 8.36. The minimum absolute atomic E-state index is 0.0871. The molecule has 0 radical (unpaired) electrons. The third-order valence-electron chi connectivity index (χ3n) is 3.55. The average Bonchev–Trinajstić information content (AvgIpc) is 3.00. The van der Waals surface area contributed by atoms with Crippen molar-refractivity contribution in [2.24, 2.45) is 0 Å². The monoisotopic (exact) mass is 394 g/mol. The van der Waals surface area contributed by atoms with Crippen LogP contribution in [0, 0.1) is 6.92 Å². The number of carbonyl (C=O) groups excluding carboxylic acids is 2. The molecule has 0 unspecified atom stereocenters. The molecule has 0 saturated heterocycles. The second-order valence-electron chi connectivity index (χ2n) is 6.23. The first-order valence-electron chi connectivity index (χ1n) is 8.28. The highest BCUT2D eigenvalue weighted by Crippen LogP contribution is 2.16. The molecule has 1 aromatic carbocycles. The number of benzene rings is 1. The molecule has 2 rings (SSSR count). The van der Waals surface area contributed by atoms with Crippen molar-refractivity contribution in [3.63, 3.8) is 0 Å². The molecule has 1 aromatic heterocycles. The van der Waals surface area contributed by atoms with Crippen LogP contribution in [-0.4, -0.2) is 32.4 Å². The maximum Gasteiger partial charge on any atom is 0.342 e.